The van der Waals surface area contributed by atoms with Crippen molar-refractivity contribution < 1.29 is 31.9 Å². The van der Waals surface area contributed by atoms with Crippen LogP contribution < -0.4 is 0 Å². The molecule has 138 valence electrons. The Hall–Kier alpha value is -2.64. The third-order valence-corrected chi connectivity index (χ3v) is 4.13. The summed E-state index contributed by atoms with van der Waals surface area (Å²) in [5.41, 5.74) is -1.03. The van der Waals surface area contributed by atoms with Gasteiger partial charge in [0.15, 0.2) is 0 Å². The van der Waals surface area contributed by atoms with Crippen molar-refractivity contribution in [2.75, 3.05) is 0 Å². The first kappa shape index (κ1) is 18.2. The molecule has 0 aromatic heterocycles. The van der Waals surface area contributed by atoms with Gasteiger partial charge in [-0.1, -0.05) is 12.1 Å². The molecular weight excluding hydrogens is 357 g/mol. The van der Waals surface area contributed by atoms with Gasteiger partial charge in [-0.25, -0.2) is 8.78 Å². The number of benzene rings is 2. The standard InChI is InChI=1S/C18H14F5NO2/c19-12-7-14(20)16(15(25)8-12)17(26)24(13-5-6-13)9-10-1-3-11(4-2-10)18(21,22)23/h1-4,7-8,13,25H,5-6,9H2. The van der Waals surface area contributed by atoms with Crippen LogP contribution in [0.25, 0.3) is 0 Å². The quantitative estimate of drug-likeness (QED) is 0.805. The lowest BCUT2D eigenvalue weighted by atomic mass is 10.1. The van der Waals surface area contributed by atoms with Gasteiger partial charge in [0.25, 0.3) is 5.91 Å². The van der Waals surface area contributed by atoms with E-state index >= 15 is 0 Å². The number of hydrogen-bond donors (Lipinski definition) is 1. The van der Waals surface area contributed by atoms with E-state index in [1.807, 2.05) is 0 Å². The molecule has 1 aliphatic rings. The molecule has 0 heterocycles. The van der Waals surface area contributed by atoms with Crippen molar-refractivity contribution in [2.45, 2.75) is 31.6 Å². The second-order valence-corrected chi connectivity index (χ2v) is 6.14. The van der Waals surface area contributed by atoms with Crippen LogP contribution in [0.4, 0.5) is 22.0 Å². The van der Waals surface area contributed by atoms with Crippen molar-refractivity contribution in [1.82, 2.24) is 4.90 Å². The van der Waals surface area contributed by atoms with E-state index in [2.05, 4.69) is 0 Å². The minimum Gasteiger partial charge on any atom is -0.507 e. The van der Waals surface area contributed by atoms with E-state index in [0.29, 0.717) is 30.5 Å². The van der Waals surface area contributed by atoms with Gasteiger partial charge in [0.05, 0.1) is 5.56 Å². The summed E-state index contributed by atoms with van der Waals surface area (Å²) in [5.74, 6) is -3.85. The Morgan fingerprint density at radius 1 is 1.12 bits per heavy atom. The number of rotatable bonds is 4. The van der Waals surface area contributed by atoms with E-state index in [0.717, 1.165) is 12.1 Å². The highest BCUT2D eigenvalue weighted by Gasteiger charge is 2.36. The van der Waals surface area contributed by atoms with Gasteiger partial charge in [0.2, 0.25) is 0 Å². The first-order chi connectivity index (χ1) is 12.2. The van der Waals surface area contributed by atoms with Crippen LogP contribution in [0.2, 0.25) is 0 Å². The van der Waals surface area contributed by atoms with E-state index in [1.54, 1.807) is 0 Å². The maximum atomic E-state index is 14.0. The van der Waals surface area contributed by atoms with Crippen molar-refractivity contribution in [1.29, 1.82) is 0 Å². The van der Waals surface area contributed by atoms with Crippen LogP contribution in [0.3, 0.4) is 0 Å². The molecule has 1 saturated carbocycles. The minimum atomic E-state index is -4.46. The SMILES string of the molecule is O=C(c1c(O)cc(F)cc1F)N(Cc1ccc(C(F)(F)F)cc1)C1CC1. The highest BCUT2D eigenvalue weighted by Crippen LogP contribution is 2.33. The summed E-state index contributed by atoms with van der Waals surface area (Å²) in [6.07, 6.45) is -3.14. The number of phenols is 1. The van der Waals surface area contributed by atoms with Gasteiger partial charge in [-0.2, -0.15) is 13.2 Å². The molecular formula is C18H14F5NO2. The summed E-state index contributed by atoms with van der Waals surface area (Å²) < 4.78 is 64.9. The van der Waals surface area contributed by atoms with E-state index in [9.17, 15) is 31.9 Å². The smallest absolute Gasteiger partial charge is 0.416 e. The molecule has 0 unspecified atom stereocenters. The normalized spacial score (nSPS) is 14.3. The molecule has 0 atom stereocenters. The number of nitrogens with zero attached hydrogens (tertiary/aromatic N) is 1. The van der Waals surface area contributed by atoms with Gasteiger partial charge in [-0.3, -0.25) is 4.79 Å². The predicted molar refractivity (Wildman–Crippen MR) is 82.4 cm³/mol. The molecule has 0 saturated heterocycles. The molecule has 8 heteroatoms. The van der Waals surface area contributed by atoms with Crippen LogP contribution in [0.1, 0.15) is 34.3 Å². The second-order valence-electron chi connectivity index (χ2n) is 6.14. The lowest BCUT2D eigenvalue weighted by Gasteiger charge is -2.23. The predicted octanol–water partition coefficient (Wildman–Crippen LogP) is 4.49. The average molecular weight is 371 g/mol. The summed E-state index contributed by atoms with van der Waals surface area (Å²) in [5, 5.41) is 9.73. The molecule has 0 aliphatic heterocycles. The summed E-state index contributed by atoms with van der Waals surface area (Å²) in [6.45, 7) is -0.0438. The number of hydrogen-bond acceptors (Lipinski definition) is 2. The average Bonchev–Trinajstić information content (AvgIpc) is 3.35. The number of carbonyl (C=O) groups is 1. The van der Waals surface area contributed by atoms with Crippen LogP contribution in [-0.2, 0) is 12.7 Å². The number of carbonyl (C=O) groups excluding carboxylic acids is 1. The lowest BCUT2D eigenvalue weighted by molar-refractivity contribution is -0.137. The maximum Gasteiger partial charge on any atom is 0.416 e. The zero-order valence-corrected chi connectivity index (χ0v) is 13.4. The van der Waals surface area contributed by atoms with E-state index in [1.165, 1.54) is 17.0 Å². The Bertz CT molecular complexity index is 805. The molecule has 1 amide bonds. The molecule has 3 nitrogen and oxygen atoms in total. The van der Waals surface area contributed by atoms with Crippen LogP contribution in [0.15, 0.2) is 36.4 Å². The fourth-order valence-electron chi connectivity index (χ4n) is 2.66. The molecule has 1 aliphatic carbocycles. The number of amides is 1. The highest BCUT2D eigenvalue weighted by atomic mass is 19.4. The van der Waals surface area contributed by atoms with Gasteiger partial charge in [0, 0.05) is 24.7 Å². The van der Waals surface area contributed by atoms with Crippen molar-refractivity contribution in [3.8, 4) is 5.75 Å². The Morgan fingerprint density at radius 3 is 2.23 bits per heavy atom. The Labute approximate surface area is 145 Å². The van der Waals surface area contributed by atoms with Crippen molar-refractivity contribution in [3.05, 3.63) is 64.7 Å². The molecule has 0 radical (unpaired) electrons. The summed E-state index contributed by atoms with van der Waals surface area (Å²) in [4.78, 5) is 13.9. The topological polar surface area (TPSA) is 40.5 Å². The lowest BCUT2D eigenvalue weighted by Crippen LogP contribution is -2.33. The van der Waals surface area contributed by atoms with Crippen molar-refractivity contribution in [2.24, 2.45) is 0 Å². The zero-order valence-electron chi connectivity index (χ0n) is 13.4. The molecule has 0 bridgehead atoms. The molecule has 2 aromatic rings. The zero-order chi connectivity index (χ0) is 19.1. The number of phenolic OH excluding ortho intramolecular Hbond substituents is 1. The monoisotopic (exact) mass is 371 g/mol. The van der Waals surface area contributed by atoms with E-state index in [4.69, 9.17) is 0 Å². The first-order valence-electron chi connectivity index (χ1n) is 7.82. The van der Waals surface area contributed by atoms with Crippen LogP contribution in [0, 0.1) is 11.6 Å². The van der Waals surface area contributed by atoms with Gasteiger partial charge in [-0.15, -0.1) is 0 Å². The summed E-state index contributed by atoms with van der Waals surface area (Å²) >= 11 is 0. The Kier molecular flexibility index (Phi) is 4.60. The minimum absolute atomic E-state index is 0.0438. The maximum absolute atomic E-state index is 14.0. The third kappa shape index (κ3) is 3.79. The number of halogens is 5. The molecule has 1 fully saturated rings. The van der Waals surface area contributed by atoms with Gasteiger partial charge in [0.1, 0.15) is 22.9 Å². The van der Waals surface area contributed by atoms with Crippen LogP contribution in [-0.4, -0.2) is 22.0 Å². The molecule has 1 N–H and O–H groups in total. The van der Waals surface area contributed by atoms with Crippen molar-refractivity contribution in [3.63, 3.8) is 0 Å². The molecule has 0 spiro atoms. The van der Waals surface area contributed by atoms with E-state index in [-0.39, 0.29) is 12.6 Å². The fourth-order valence-corrected chi connectivity index (χ4v) is 2.66. The third-order valence-electron chi connectivity index (χ3n) is 4.13. The number of alkyl halides is 3. The van der Waals surface area contributed by atoms with Gasteiger partial charge in [-0.05, 0) is 30.5 Å². The molecule has 26 heavy (non-hydrogen) atoms. The van der Waals surface area contributed by atoms with Gasteiger partial charge >= 0.3 is 6.18 Å². The molecule has 2 aromatic carbocycles. The first-order valence-corrected chi connectivity index (χ1v) is 7.82. The van der Waals surface area contributed by atoms with E-state index < -0.39 is 40.6 Å². The van der Waals surface area contributed by atoms with Crippen molar-refractivity contribution >= 4 is 5.91 Å². The summed E-state index contributed by atoms with van der Waals surface area (Å²) in [7, 11) is 0. The highest BCUT2D eigenvalue weighted by molar-refractivity contribution is 5.97. The number of aromatic hydroxyl groups is 1. The Morgan fingerprint density at radius 2 is 1.73 bits per heavy atom. The second kappa shape index (κ2) is 6.59. The Balaban J connectivity index is 1.85. The van der Waals surface area contributed by atoms with Gasteiger partial charge < -0.3 is 10.0 Å². The van der Waals surface area contributed by atoms with Crippen LogP contribution in [0.5, 0.6) is 5.75 Å². The van der Waals surface area contributed by atoms with Crippen LogP contribution >= 0.6 is 0 Å². The fraction of sp³-hybridized carbons (Fsp3) is 0.278. The summed E-state index contributed by atoms with van der Waals surface area (Å²) in [6, 6.07) is 5.23. The molecule has 3 rings (SSSR count). The largest absolute Gasteiger partial charge is 0.507 e.